The van der Waals surface area contributed by atoms with E-state index < -0.39 is 0 Å². The normalized spacial score (nSPS) is 15.0. The Morgan fingerprint density at radius 2 is 1.83 bits per heavy atom. The standard InChI is InChI=1S/C19H20N2O3/c1-22-17-9-15(10-18(23-2)19(17)24-3)16-8-14(12-21-16)7-13-5-4-6-20-11-13/h4-11,21H,12H2,1-3H3. The molecule has 3 rings (SSSR count). The van der Waals surface area contributed by atoms with Crippen LogP contribution in [0.3, 0.4) is 0 Å². The van der Waals surface area contributed by atoms with Gasteiger partial charge in [0.1, 0.15) is 0 Å². The van der Waals surface area contributed by atoms with Gasteiger partial charge >= 0.3 is 0 Å². The number of hydrogen-bond donors (Lipinski definition) is 1. The minimum absolute atomic E-state index is 0.591. The van der Waals surface area contributed by atoms with Gasteiger partial charge in [-0.1, -0.05) is 6.07 Å². The summed E-state index contributed by atoms with van der Waals surface area (Å²) in [6.07, 6.45) is 7.85. The average Bonchev–Trinajstić information content (AvgIpc) is 3.09. The quantitative estimate of drug-likeness (QED) is 0.916. The zero-order valence-corrected chi connectivity index (χ0v) is 14.0. The summed E-state index contributed by atoms with van der Waals surface area (Å²) < 4.78 is 16.2. The third-order valence-corrected chi connectivity index (χ3v) is 3.82. The molecule has 0 aliphatic carbocycles. The van der Waals surface area contributed by atoms with Gasteiger partial charge in [-0.15, -0.1) is 0 Å². The second kappa shape index (κ2) is 7.08. The Balaban J connectivity index is 1.95. The first-order valence-electron chi connectivity index (χ1n) is 7.61. The summed E-state index contributed by atoms with van der Waals surface area (Å²) in [5, 5.41) is 3.40. The predicted octanol–water partition coefficient (Wildman–Crippen LogP) is 3.14. The van der Waals surface area contributed by atoms with Crippen LogP contribution >= 0.6 is 0 Å². The zero-order valence-electron chi connectivity index (χ0n) is 14.0. The summed E-state index contributed by atoms with van der Waals surface area (Å²) in [5.74, 6) is 1.87. The van der Waals surface area contributed by atoms with Crippen LogP contribution in [0.15, 0.2) is 48.3 Å². The Bertz CT molecular complexity index is 757. The van der Waals surface area contributed by atoms with Crippen molar-refractivity contribution in [1.82, 2.24) is 10.3 Å². The van der Waals surface area contributed by atoms with Crippen molar-refractivity contribution in [2.75, 3.05) is 27.9 Å². The lowest BCUT2D eigenvalue weighted by Crippen LogP contribution is -2.08. The van der Waals surface area contributed by atoms with Crippen molar-refractivity contribution >= 4 is 11.8 Å². The Morgan fingerprint density at radius 1 is 1.08 bits per heavy atom. The summed E-state index contributed by atoms with van der Waals surface area (Å²) >= 11 is 0. The van der Waals surface area contributed by atoms with Crippen LogP contribution in [0.2, 0.25) is 0 Å². The van der Waals surface area contributed by atoms with Gasteiger partial charge in [-0.3, -0.25) is 4.98 Å². The molecule has 1 aromatic carbocycles. The topological polar surface area (TPSA) is 52.6 Å². The lowest BCUT2D eigenvalue weighted by atomic mass is 10.1. The van der Waals surface area contributed by atoms with Gasteiger partial charge in [-0.25, -0.2) is 0 Å². The van der Waals surface area contributed by atoms with Gasteiger partial charge in [-0.2, -0.15) is 0 Å². The number of ether oxygens (including phenoxy) is 3. The number of rotatable bonds is 5. The molecule has 5 nitrogen and oxygen atoms in total. The molecule has 0 unspecified atom stereocenters. The highest BCUT2D eigenvalue weighted by molar-refractivity contribution is 5.76. The van der Waals surface area contributed by atoms with Gasteiger partial charge in [0.2, 0.25) is 5.75 Å². The molecule has 2 aromatic rings. The Morgan fingerprint density at radius 3 is 2.42 bits per heavy atom. The molecular weight excluding hydrogens is 304 g/mol. The van der Waals surface area contributed by atoms with Crippen molar-refractivity contribution in [3.63, 3.8) is 0 Å². The summed E-state index contributed by atoms with van der Waals surface area (Å²) in [5.41, 5.74) is 4.27. The summed E-state index contributed by atoms with van der Waals surface area (Å²) in [6.45, 7) is 0.765. The number of pyridine rings is 1. The highest BCUT2D eigenvalue weighted by Crippen LogP contribution is 2.40. The predicted molar refractivity (Wildman–Crippen MR) is 94.3 cm³/mol. The van der Waals surface area contributed by atoms with E-state index in [1.165, 1.54) is 5.57 Å². The van der Waals surface area contributed by atoms with Crippen molar-refractivity contribution in [1.29, 1.82) is 0 Å². The monoisotopic (exact) mass is 324 g/mol. The summed E-state index contributed by atoms with van der Waals surface area (Å²) in [7, 11) is 4.83. The van der Waals surface area contributed by atoms with Crippen LogP contribution in [0.5, 0.6) is 17.2 Å². The van der Waals surface area contributed by atoms with Gasteiger partial charge < -0.3 is 19.5 Å². The lowest BCUT2D eigenvalue weighted by molar-refractivity contribution is 0.324. The van der Waals surface area contributed by atoms with Gasteiger partial charge in [0.25, 0.3) is 0 Å². The Labute approximate surface area is 141 Å². The van der Waals surface area contributed by atoms with Gasteiger partial charge in [0.05, 0.1) is 21.3 Å². The first-order valence-corrected chi connectivity index (χ1v) is 7.61. The minimum atomic E-state index is 0.591. The van der Waals surface area contributed by atoms with Gasteiger partial charge in [0.15, 0.2) is 11.5 Å². The van der Waals surface area contributed by atoms with E-state index in [1.54, 1.807) is 27.5 Å². The highest BCUT2D eigenvalue weighted by atomic mass is 16.5. The first kappa shape index (κ1) is 15.9. The van der Waals surface area contributed by atoms with Crippen molar-refractivity contribution in [3.8, 4) is 17.2 Å². The van der Waals surface area contributed by atoms with Crippen molar-refractivity contribution in [2.45, 2.75) is 0 Å². The van der Waals surface area contributed by atoms with E-state index in [9.17, 15) is 0 Å². The molecular formula is C19H20N2O3. The summed E-state index contributed by atoms with van der Waals surface area (Å²) in [6, 6.07) is 7.84. The number of nitrogens with one attached hydrogen (secondary N) is 1. The van der Waals surface area contributed by atoms with Gasteiger partial charge in [0, 0.05) is 30.2 Å². The molecule has 1 aliphatic rings. The zero-order chi connectivity index (χ0) is 16.9. The number of methoxy groups -OCH3 is 3. The van der Waals surface area contributed by atoms with E-state index in [1.807, 2.05) is 30.5 Å². The molecule has 1 aliphatic heterocycles. The van der Waals surface area contributed by atoms with E-state index in [0.29, 0.717) is 17.2 Å². The fourth-order valence-electron chi connectivity index (χ4n) is 2.67. The van der Waals surface area contributed by atoms with E-state index in [2.05, 4.69) is 22.5 Å². The third-order valence-electron chi connectivity index (χ3n) is 3.82. The molecule has 1 aromatic heterocycles. The fourth-order valence-corrected chi connectivity index (χ4v) is 2.67. The molecule has 124 valence electrons. The molecule has 0 bridgehead atoms. The number of hydrogen-bond acceptors (Lipinski definition) is 5. The smallest absolute Gasteiger partial charge is 0.203 e. The fraction of sp³-hybridized carbons (Fsp3) is 0.211. The molecule has 1 N–H and O–H groups in total. The van der Waals surface area contributed by atoms with E-state index >= 15 is 0 Å². The van der Waals surface area contributed by atoms with Crippen molar-refractivity contribution < 1.29 is 14.2 Å². The highest BCUT2D eigenvalue weighted by Gasteiger charge is 2.17. The molecule has 0 fully saturated rings. The molecule has 0 spiro atoms. The first-order chi connectivity index (χ1) is 11.7. The van der Waals surface area contributed by atoms with Crippen LogP contribution in [0.25, 0.3) is 11.8 Å². The Hall–Kier alpha value is -2.95. The van der Waals surface area contributed by atoms with Crippen molar-refractivity contribution in [2.24, 2.45) is 0 Å². The third kappa shape index (κ3) is 3.20. The molecule has 0 radical (unpaired) electrons. The lowest BCUT2D eigenvalue weighted by Gasteiger charge is -2.14. The molecule has 0 atom stereocenters. The molecule has 2 heterocycles. The molecule has 5 heteroatoms. The maximum Gasteiger partial charge on any atom is 0.203 e. The maximum absolute atomic E-state index is 5.42. The van der Waals surface area contributed by atoms with Crippen molar-refractivity contribution in [3.05, 3.63) is 59.4 Å². The molecule has 0 saturated heterocycles. The van der Waals surface area contributed by atoms with Crippen LogP contribution in [0, 0.1) is 0 Å². The van der Waals surface area contributed by atoms with Crippen LogP contribution in [-0.4, -0.2) is 32.9 Å². The number of nitrogens with zero attached hydrogens (tertiary/aromatic N) is 1. The van der Waals surface area contributed by atoms with E-state index in [0.717, 1.165) is 23.4 Å². The second-order valence-electron chi connectivity index (χ2n) is 5.33. The number of aromatic nitrogens is 1. The van der Waals surface area contributed by atoms with Gasteiger partial charge in [-0.05, 0) is 41.5 Å². The Kier molecular flexibility index (Phi) is 4.70. The van der Waals surface area contributed by atoms with Crippen LogP contribution < -0.4 is 19.5 Å². The largest absolute Gasteiger partial charge is 0.493 e. The molecule has 24 heavy (non-hydrogen) atoms. The van der Waals surface area contributed by atoms with Crippen LogP contribution in [0.4, 0.5) is 0 Å². The van der Waals surface area contributed by atoms with Crippen LogP contribution in [0.1, 0.15) is 11.1 Å². The molecule has 0 amide bonds. The van der Waals surface area contributed by atoms with E-state index in [-0.39, 0.29) is 0 Å². The maximum atomic E-state index is 5.42. The van der Waals surface area contributed by atoms with Crippen LogP contribution in [-0.2, 0) is 0 Å². The second-order valence-corrected chi connectivity index (χ2v) is 5.33. The molecule has 0 saturated carbocycles. The SMILES string of the molecule is COc1cc(C2=CC(=Cc3cccnc3)CN2)cc(OC)c1OC. The van der Waals surface area contributed by atoms with E-state index in [4.69, 9.17) is 14.2 Å². The number of benzene rings is 1. The summed E-state index contributed by atoms with van der Waals surface area (Å²) in [4.78, 5) is 4.14. The minimum Gasteiger partial charge on any atom is -0.493 e. The average molecular weight is 324 g/mol.